The molecule has 0 aromatic carbocycles. The van der Waals surface area contributed by atoms with Crippen LogP contribution in [0.2, 0.25) is 0 Å². The van der Waals surface area contributed by atoms with Gasteiger partial charge in [0.15, 0.2) is 5.82 Å². The Morgan fingerprint density at radius 3 is 2.73 bits per heavy atom. The molecule has 2 fully saturated rings. The van der Waals surface area contributed by atoms with Crippen LogP contribution in [0.3, 0.4) is 0 Å². The average Bonchev–Trinajstić information content (AvgIpc) is 3.71. The van der Waals surface area contributed by atoms with E-state index in [4.69, 9.17) is 9.97 Å². The summed E-state index contributed by atoms with van der Waals surface area (Å²) in [6, 6.07) is 7.86. The lowest BCUT2D eigenvalue weighted by Gasteiger charge is -2.30. The van der Waals surface area contributed by atoms with Gasteiger partial charge < -0.3 is 15.5 Å². The van der Waals surface area contributed by atoms with Crippen LogP contribution in [0.1, 0.15) is 30.0 Å². The van der Waals surface area contributed by atoms with E-state index in [1.54, 1.807) is 12.4 Å². The summed E-state index contributed by atoms with van der Waals surface area (Å²) >= 11 is 0. The average molecular weight is 439 g/mol. The summed E-state index contributed by atoms with van der Waals surface area (Å²) in [5.41, 5.74) is 4.97. The highest BCUT2D eigenvalue weighted by Gasteiger charge is 2.29. The van der Waals surface area contributed by atoms with Crippen molar-refractivity contribution in [1.82, 2.24) is 30.2 Å². The third-order valence-electron chi connectivity index (χ3n) is 6.34. The highest BCUT2D eigenvalue weighted by Crippen LogP contribution is 2.44. The maximum atomic E-state index is 5.12. The summed E-state index contributed by atoms with van der Waals surface area (Å²) in [7, 11) is 0. The summed E-state index contributed by atoms with van der Waals surface area (Å²) in [6.45, 7) is 5.75. The van der Waals surface area contributed by atoms with Crippen molar-refractivity contribution in [3.8, 4) is 11.4 Å². The van der Waals surface area contributed by atoms with E-state index >= 15 is 0 Å². The van der Waals surface area contributed by atoms with Crippen LogP contribution in [0, 0.1) is 6.92 Å². The zero-order valence-corrected chi connectivity index (χ0v) is 18.6. The van der Waals surface area contributed by atoms with Crippen LogP contribution in [0.4, 0.5) is 17.3 Å². The van der Waals surface area contributed by atoms with Gasteiger partial charge in [0.05, 0.1) is 23.1 Å². The first-order chi connectivity index (χ1) is 16.3. The largest absolute Gasteiger partial charge is 0.353 e. The number of hydrogen-bond donors (Lipinski definition) is 2. The van der Waals surface area contributed by atoms with Gasteiger partial charge in [-0.25, -0.2) is 15.0 Å². The molecule has 8 nitrogen and oxygen atoms in total. The van der Waals surface area contributed by atoms with Crippen molar-refractivity contribution < 1.29 is 0 Å². The van der Waals surface area contributed by atoms with E-state index in [1.807, 2.05) is 43.6 Å². The normalized spacial score (nSPS) is 16.2. The van der Waals surface area contributed by atoms with Crippen molar-refractivity contribution in [3.05, 3.63) is 60.3 Å². The van der Waals surface area contributed by atoms with Crippen LogP contribution in [-0.4, -0.2) is 51.1 Å². The molecule has 4 aromatic rings. The van der Waals surface area contributed by atoms with E-state index in [-0.39, 0.29) is 0 Å². The molecule has 0 amide bonds. The fraction of sp³-hybridized carbons (Fsp3) is 0.320. The van der Waals surface area contributed by atoms with Gasteiger partial charge in [-0.1, -0.05) is 0 Å². The maximum absolute atomic E-state index is 5.12. The van der Waals surface area contributed by atoms with Crippen molar-refractivity contribution in [2.24, 2.45) is 0 Å². The molecule has 0 bridgehead atoms. The molecular formula is C25H26N8. The van der Waals surface area contributed by atoms with Gasteiger partial charge in [-0.05, 0) is 55.5 Å². The predicted octanol–water partition coefficient (Wildman–Crippen LogP) is 3.82. The zero-order valence-electron chi connectivity index (χ0n) is 18.6. The molecule has 2 aliphatic rings. The number of anilines is 3. The molecule has 4 aromatic heterocycles. The Hall–Kier alpha value is -3.65. The molecule has 0 radical (unpaired) electrons. The van der Waals surface area contributed by atoms with Crippen molar-refractivity contribution in [3.63, 3.8) is 0 Å². The molecule has 6 rings (SSSR count). The Labute approximate surface area is 192 Å². The molecule has 1 aliphatic carbocycles. The molecule has 0 unspecified atom stereocenters. The summed E-state index contributed by atoms with van der Waals surface area (Å²) < 4.78 is 0. The van der Waals surface area contributed by atoms with Crippen LogP contribution in [0.15, 0.2) is 49.1 Å². The second-order valence-electron chi connectivity index (χ2n) is 8.70. The quantitative estimate of drug-likeness (QED) is 0.486. The highest BCUT2D eigenvalue weighted by atomic mass is 15.2. The van der Waals surface area contributed by atoms with Gasteiger partial charge >= 0.3 is 0 Å². The lowest BCUT2D eigenvalue weighted by molar-refractivity contribution is 0.586. The minimum Gasteiger partial charge on any atom is -0.353 e. The monoisotopic (exact) mass is 438 g/mol. The van der Waals surface area contributed by atoms with E-state index in [1.165, 1.54) is 18.4 Å². The topological polar surface area (TPSA) is 91.8 Å². The summed E-state index contributed by atoms with van der Waals surface area (Å²) in [5.74, 6) is 3.03. The van der Waals surface area contributed by atoms with E-state index < -0.39 is 0 Å². The Kier molecular flexibility index (Phi) is 5.07. The molecule has 5 heterocycles. The number of aromatic nitrogens is 5. The minimum atomic E-state index is 0.580. The van der Waals surface area contributed by atoms with Crippen LogP contribution < -0.4 is 15.5 Å². The molecule has 1 aliphatic heterocycles. The Bertz CT molecular complexity index is 1310. The number of nitrogens with zero attached hydrogens (tertiary/aromatic N) is 6. The predicted molar refractivity (Wildman–Crippen MR) is 130 cm³/mol. The van der Waals surface area contributed by atoms with Gasteiger partial charge in [-0.15, -0.1) is 0 Å². The third-order valence-corrected chi connectivity index (χ3v) is 6.34. The lowest BCUT2D eigenvalue weighted by atomic mass is 10.1. The second kappa shape index (κ2) is 8.37. The van der Waals surface area contributed by atoms with Crippen molar-refractivity contribution in [1.29, 1.82) is 0 Å². The number of nitrogens with one attached hydrogen (secondary N) is 2. The zero-order chi connectivity index (χ0) is 22.2. The first-order valence-electron chi connectivity index (χ1n) is 11.5. The fourth-order valence-electron chi connectivity index (χ4n) is 4.42. The van der Waals surface area contributed by atoms with Crippen LogP contribution in [0.25, 0.3) is 22.3 Å². The van der Waals surface area contributed by atoms with Gasteiger partial charge in [0, 0.05) is 55.7 Å². The molecule has 166 valence electrons. The molecule has 1 saturated heterocycles. The summed E-state index contributed by atoms with van der Waals surface area (Å²) in [4.78, 5) is 25.8. The van der Waals surface area contributed by atoms with E-state index in [9.17, 15) is 0 Å². The van der Waals surface area contributed by atoms with Gasteiger partial charge in [-0.3, -0.25) is 9.97 Å². The molecular weight excluding hydrogens is 412 g/mol. The molecule has 0 spiro atoms. The van der Waals surface area contributed by atoms with Crippen molar-refractivity contribution in [2.45, 2.75) is 25.7 Å². The molecule has 0 atom stereocenters. The minimum absolute atomic E-state index is 0.580. The van der Waals surface area contributed by atoms with Gasteiger partial charge in [-0.2, -0.15) is 0 Å². The first-order valence-corrected chi connectivity index (χ1v) is 11.5. The number of piperazine rings is 1. The van der Waals surface area contributed by atoms with E-state index in [0.29, 0.717) is 11.7 Å². The van der Waals surface area contributed by atoms with Crippen LogP contribution >= 0.6 is 0 Å². The van der Waals surface area contributed by atoms with Crippen LogP contribution in [-0.2, 0) is 0 Å². The number of aryl methyl sites for hydroxylation is 1. The van der Waals surface area contributed by atoms with E-state index in [2.05, 4.69) is 30.5 Å². The van der Waals surface area contributed by atoms with E-state index in [0.717, 1.165) is 65.7 Å². The maximum Gasteiger partial charge on any atom is 0.162 e. The number of rotatable bonds is 5. The number of fused-ring (bicyclic) bond motifs is 1. The van der Waals surface area contributed by atoms with Crippen molar-refractivity contribution >= 4 is 28.2 Å². The SMILES string of the molecule is Cc1ncccc1Nc1cc(-c2nc(N3CCNCC3)c3c(C4CC4)cncc3n2)ccn1. The van der Waals surface area contributed by atoms with Gasteiger partial charge in [0.2, 0.25) is 0 Å². The Morgan fingerprint density at radius 1 is 1.03 bits per heavy atom. The standard InChI is InChI=1S/C25H26N8/c1-16-20(3-2-7-28-16)30-22-13-18(6-8-29-22)24-31-21-15-27-14-19(17-4-5-17)23(21)25(32-24)33-11-9-26-10-12-33/h2-3,6-8,13-15,17,26H,4-5,9-12H2,1H3,(H,29,30). The Balaban J connectivity index is 1.44. The fourth-order valence-corrected chi connectivity index (χ4v) is 4.42. The van der Waals surface area contributed by atoms with Gasteiger partial charge in [0.1, 0.15) is 11.6 Å². The highest BCUT2D eigenvalue weighted by molar-refractivity contribution is 5.94. The summed E-state index contributed by atoms with van der Waals surface area (Å²) in [5, 5.41) is 7.98. The Morgan fingerprint density at radius 2 is 1.91 bits per heavy atom. The first kappa shape index (κ1) is 20.0. The van der Waals surface area contributed by atoms with Crippen molar-refractivity contribution in [2.75, 3.05) is 36.4 Å². The second-order valence-corrected chi connectivity index (χ2v) is 8.70. The molecule has 2 N–H and O–H groups in total. The molecule has 33 heavy (non-hydrogen) atoms. The third kappa shape index (κ3) is 3.98. The number of pyridine rings is 3. The molecule has 1 saturated carbocycles. The molecule has 8 heteroatoms. The van der Waals surface area contributed by atoms with Crippen LogP contribution in [0.5, 0.6) is 0 Å². The smallest absolute Gasteiger partial charge is 0.162 e. The lowest BCUT2D eigenvalue weighted by Crippen LogP contribution is -2.44. The summed E-state index contributed by atoms with van der Waals surface area (Å²) in [6.07, 6.45) is 9.90. The number of hydrogen-bond acceptors (Lipinski definition) is 8. The van der Waals surface area contributed by atoms with Gasteiger partial charge in [0.25, 0.3) is 0 Å².